The molecular formula is C27H28N6O4. The van der Waals surface area contributed by atoms with Gasteiger partial charge in [-0.1, -0.05) is 49.2 Å². The SMILES string of the molecule is CCOC(=O)N(Cc1ccc2nc(-c3ccc(-c4nn[nH]n4)cc3)ccc2c1)CC1(C(=O)O)CCCC1. The summed E-state index contributed by atoms with van der Waals surface area (Å²) in [6, 6.07) is 17.6. The Hall–Kier alpha value is -4.34. The lowest BCUT2D eigenvalue weighted by Gasteiger charge is -2.31. The summed E-state index contributed by atoms with van der Waals surface area (Å²) < 4.78 is 5.26. The minimum absolute atomic E-state index is 0.135. The number of hydrogen-bond donors (Lipinski definition) is 2. The number of carboxylic acids is 1. The van der Waals surface area contributed by atoms with Gasteiger partial charge in [0.25, 0.3) is 0 Å². The number of pyridine rings is 1. The number of aromatic amines is 1. The number of aromatic nitrogens is 5. The van der Waals surface area contributed by atoms with Gasteiger partial charge in [0.15, 0.2) is 0 Å². The van der Waals surface area contributed by atoms with Crippen LogP contribution in [0, 0.1) is 5.41 Å². The third-order valence-electron chi connectivity index (χ3n) is 6.95. The largest absolute Gasteiger partial charge is 0.481 e. The first-order valence-electron chi connectivity index (χ1n) is 12.4. The third kappa shape index (κ3) is 5.13. The number of H-pyrrole nitrogens is 1. The van der Waals surface area contributed by atoms with Crippen LogP contribution in [0.4, 0.5) is 4.79 Å². The molecule has 37 heavy (non-hydrogen) atoms. The quantitative estimate of drug-likeness (QED) is 0.356. The van der Waals surface area contributed by atoms with Crippen LogP contribution < -0.4 is 0 Å². The summed E-state index contributed by atoms with van der Waals surface area (Å²) in [5.41, 5.74) is 3.44. The highest BCUT2D eigenvalue weighted by atomic mass is 16.6. The lowest BCUT2D eigenvalue weighted by Crippen LogP contribution is -2.44. The molecule has 0 aliphatic heterocycles. The van der Waals surface area contributed by atoms with Crippen molar-refractivity contribution in [1.29, 1.82) is 0 Å². The number of amides is 1. The number of carboxylic acid groups (broad SMARTS) is 1. The Labute approximate surface area is 213 Å². The van der Waals surface area contributed by atoms with Crippen molar-refractivity contribution in [3.63, 3.8) is 0 Å². The fourth-order valence-corrected chi connectivity index (χ4v) is 4.99. The van der Waals surface area contributed by atoms with Gasteiger partial charge in [0.2, 0.25) is 5.82 Å². The summed E-state index contributed by atoms with van der Waals surface area (Å²) in [6.07, 6.45) is 2.35. The van der Waals surface area contributed by atoms with E-state index in [1.807, 2.05) is 54.6 Å². The minimum atomic E-state index is -0.917. The van der Waals surface area contributed by atoms with Crippen LogP contribution >= 0.6 is 0 Å². The van der Waals surface area contributed by atoms with Gasteiger partial charge in [-0.05, 0) is 48.7 Å². The molecule has 0 unspecified atom stereocenters. The second kappa shape index (κ2) is 10.3. The molecule has 0 atom stereocenters. The van der Waals surface area contributed by atoms with Gasteiger partial charge in [-0.15, -0.1) is 10.2 Å². The lowest BCUT2D eigenvalue weighted by molar-refractivity contribution is -0.149. The predicted molar refractivity (Wildman–Crippen MR) is 136 cm³/mol. The Bertz CT molecular complexity index is 1400. The zero-order valence-electron chi connectivity index (χ0n) is 20.6. The van der Waals surface area contributed by atoms with Gasteiger partial charge in [0.1, 0.15) is 0 Å². The number of hydrogen-bond acceptors (Lipinski definition) is 7. The van der Waals surface area contributed by atoms with Crippen molar-refractivity contribution in [2.75, 3.05) is 13.2 Å². The molecule has 1 aliphatic rings. The molecule has 1 saturated carbocycles. The predicted octanol–water partition coefficient (Wildman–Crippen LogP) is 4.69. The maximum Gasteiger partial charge on any atom is 0.410 e. The van der Waals surface area contributed by atoms with Crippen LogP contribution in [-0.4, -0.2) is 60.8 Å². The molecule has 0 spiro atoms. The topological polar surface area (TPSA) is 134 Å². The first-order valence-corrected chi connectivity index (χ1v) is 12.4. The second-order valence-corrected chi connectivity index (χ2v) is 9.38. The maximum absolute atomic E-state index is 12.7. The van der Waals surface area contributed by atoms with E-state index in [2.05, 4.69) is 20.6 Å². The van der Waals surface area contributed by atoms with Crippen LogP contribution in [-0.2, 0) is 16.1 Å². The third-order valence-corrected chi connectivity index (χ3v) is 6.95. The summed E-state index contributed by atoms with van der Waals surface area (Å²) in [5.74, 6) is -0.315. The lowest BCUT2D eigenvalue weighted by atomic mass is 9.85. The smallest absolute Gasteiger partial charge is 0.410 e. The Morgan fingerprint density at radius 1 is 1.05 bits per heavy atom. The Morgan fingerprint density at radius 3 is 2.49 bits per heavy atom. The van der Waals surface area contributed by atoms with Crippen molar-refractivity contribution in [2.45, 2.75) is 39.2 Å². The van der Waals surface area contributed by atoms with Crippen molar-refractivity contribution >= 4 is 23.0 Å². The number of rotatable bonds is 8. The number of carbonyl (C=O) groups is 2. The van der Waals surface area contributed by atoms with Gasteiger partial charge in [-0.25, -0.2) is 9.78 Å². The Morgan fingerprint density at radius 2 is 1.81 bits per heavy atom. The van der Waals surface area contributed by atoms with E-state index in [1.54, 1.807) is 6.92 Å². The number of tetrazole rings is 1. The van der Waals surface area contributed by atoms with E-state index in [9.17, 15) is 14.7 Å². The highest BCUT2D eigenvalue weighted by molar-refractivity contribution is 5.83. The van der Waals surface area contributed by atoms with E-state index in [0.29, 0.717) is 18.7 Å². The summed E-state index contributed by atoms with van der Waals surface area (Å²) in [7, 11) is 0. The van der Waals surface area contributed by atoms with E-state index >= 15 is 0 Å². The van der Waals surface area contributed by atoms with E-state index in [4.69, 9.17) is 9.72 Å². The van der Waals surface area contributed by atoms with Gasteiger partial charge >= 0.3 is 12.1 Å². The van der Waals surface area contributed by atoms with E-state index in [-0.39, 0.29) is 19.7 Å². The molecule has 190 valence electrons. The first-order chi connectivity index (χ1) is 18.0. The van der Waals surface area contributed by atoms with Crippen LogP contribution in [0.5, 0.6) is 0 Å². The summed E-state index contributed by atoms with van der Waals surface area (Å²) in [5, 5.41) is 24.9. The van der Waals surface area contributed by atoms with E-state index in [0.717, 1.165) is 46.1 Å². The second-order valence-electron chi connectivity index (χ2n) is 9.38. The normalized spacial score (nSPS) is 14.5. The number of fused-ring (bicyclic) bond motifs is 1. The molecular weight excluding hydrogens is 472 g/mol. The Balaban J connectivity index is 1.37. The van der Waals surface area contributed by atoms with Crippen molar-refractivity contribution in [1.82, 2.24) is 30.5 Å². The fraction of sp³-hybridized carbons (Fsp3) is 0.333. The average Bonchev–Trinajstić information content (AvgIpc) is 3.62. The number of ether oxygens (including phenoxy) is 1. The highest BCUT2D eigenvalue weighted by Crippen LogP contribution is 2.39. The summed E-state index contributed by atoms with van der Waals surface area (Å²) in [4.78, 5) is 31.2. The minimum Gasteiger partial charge on any atom is -0.481 e. The van der Waals surface area contributed by atoms with Gasteiger partial charge in [0.05, 0.1) is 23.2 Å². The average molecular weight is 501 g/mol. The van der Waals surface area contributed by atoms with Gasteiger partial charge < -0.3 is 14.7 Å². The number of nitrogens with zero attached hydrogens (tertiary/aromatic N) is 5. The molecule has 2 aromatic carbocycles. The standard InChI is InChI=1S/C27H28N6O4/c1-2-37-26(36)33(17-27(25(34)35)13-3-4-14-27)16-18-5-11-23-21(15-18)10-12-22(28-23)19-6-8-20(9-7-19)24-29-31-32-30-24/h5-12,15H,2-4,13-14,16-17H2,1H3,(H,34,35)(H,29,30,31,32). The van der Waals surface area contributed by atoms with Crippen LogP contribution in [0.2, 0.25) is 0 Å². The van der Waals surface area contributed by atoms with Crippen LogP contribution in [0.15, 0.2) is 54.6 Å². The zero-order valence-corrected chi connectivity index (χ0v) is 20.6. The van der Waals surface area contributed by atoms with Gasteiger partial charge in [-0.2, -0.15) is 5.21 Å². The van der Waals surface area contributed by atoms with Crippen molar-refractivity contribution < 1.29 is 19.4 Å². The highest BCUT2D eigenvalue weighted by Gasteiger charge is 2.43. The molecule has 5 rings (SSSR count). The zero-order chi connectivity index (χ0) is 25.8. The molecule has 1 amide bonds. The number of aliphatic carboxylic acids is 1. The summed E-state index contributed by atoms with van der Waals surface area (Å²) >= 11 is 0. The fourth-order valence-electron chi connectivity index (χ4n) is 4.99. The molecule has 4 aromatic rings. The van der Waals surface area contributed by atoms with Crippen molar-refractivity contribution in [2.24, 2.45) is 5.41 Å². The molecule has 2 heterocycles. The molecule has 0 bridgehead atoms. The van der Waals surface area contributed by atoms with Crippen LogP contribution in [0.3, 0.4) is 0 Å². The molecule has 10 heteroatoms. The molecule has 2 N–H and O–H groups in total. The van der Waals surface area contributed by atoms with E-state index in [1.165, 1.54) is 4.90 Å². The number of nitrogens with one attached hydrogen (secondary N) is 1. The van der Waals surface area contributed by atoms with Gasteiger partial charge in [-0.3, -0.25) is 4.79 Å². The molecule has 0 saturated heterocycles. The van der Waals surface area contributed by atoms with Crippen molar-refractivity contribution in [3.05, 3.63) is 60.2 Å². The number of carbonyl (C=O) groups excluding carboxylic acids is 1. The molecule has 2 aromatic heterocycles. The molecule has 1 fully saturated rings. The molecule has 1 aliphatic carbocycles. The molecule has 10 nitrogen and oxygen atoms in total. The molecule has 0 radical (unpaired) electrons. The maximum atomic E-state index is 12.7. The van der Waals surface area contributed by atoms with Crippen LogP contribution in [0.1, 0.15) is 38.2 Å². The Kier molecular flexibility index (Phi) is 6.80. The first kappa shape index (κ1) is 24.4. The van der Waals surface area contributed by atoms with Crippen LogP contribution in [0.25, 0.3) is 33.5 Å². The summed E-state index contributed by atoms with van der Waals surface area (Å²) in [6.45, 7) is 2.38. The number of benzene rings is 2. The van der Waals surface area contributed by atoms with Gasteiger partial charge in [0, 0.05) is 29.6 Å². The van der Waals surface area contributed by atoms with E-state index < -0.39 is 17.5 Å². The van der Waals surface area contributed by atoms with Crippen molar-refractivity contribution in [3.8, 4) is 22.6 Å². The monoisotopic (exact) mass is 500 g/mol.